The Bertz CT molecular complexity index is 1560. The summed E-state index contributed by atoms with van der Waals surface area (Å²) in [5.41, 5.74) is 2.30. The molecule has 0 unspecified atom stereocenters. The quantitative estimate of drug-likeness (QED) is 0.273. The maximum Gasteiger partial charge on any atom is 0.420 e. The topological polar surface area (TPSA) is 72.0 Å². The van der Waals surface area contributed by atoms with Gasteiger partial charge in [-0.3, -0.25) is 0 Å². The fourth-order valence-corrected chi connectivity index (χ4v) is 5.16. The monoisotopic (exact) mass is 495 g/mol. The number of nitrogens with zero attached hydrogens (tertiary/aromatic N) is 3. The number of benzene rings is 2. The van der Waals surface area contributed by atoms with E-state index in [4.69, 9.17) is 4.74 Å². The van der Waals surface area contributed by atoms with Crippen LogP contribution < -0.4 is 15.4 Å². The summed E-state index contributed by atoms with van der Waals surface area (Å²) in [6, 6.07) is 11.8. The van der Waals surface area contributed by atoms with E-state index in [-0.39, 0.29) is 11.4 Å². The lowest BCUT2D eigenvalue weighted by molar-refractivity contribution is -0.138. The molecule has 0 saturated heterocycles. The average molecular weight is 496 g/mol. The number of anilines is 3. The molecule has 10 heteroatoms. The number of thiophene rings is 1. The minimum absolute atomic E-state index is 0.231. The van der Waals surface area contributed by atoms with E-state index in [1.165, 1.54) is 24.5 Å². The number of fused-ring (bicyclic) bond motifs is 2. The molecule has 3 aromatic heterocycles. The summed E-state index contributed by atoms with van der Waals surface area (Å²) < 4.78 is 46.2. The molecule has 0 spiro atoms. The number of nitrogens with one attached hydrogen (secondary N) is 2. The summed E-state index contributed by atoms with van der Waals surface area (Å²) in [6.45, 7) is 2.02. The van der Waals surface area contributed by atoms with Gasteiger partial charge in [-0.15, -0.1) is 11.3 Å². The summed E-state index contributed by atoms with van der Waals surface area (Å²) in [4.78, 5) is 14.2. The standard InChI is InChI=1S/C25H20F3N5OS/c1-13-21(14-4-6-19-15(10-14)12-31-24(29-2)33-19)17-8-9-30-23(22(17)35-13)32-16-5-7-20(34-3)18(11-16)25(26,27)28/h4-12H,1-3H3,(H,30,32)(H,29,31,33). The number of rotatable bonds is 5. The molecule has 2 N–H and O–H groups in total. The van der Waals surface area contributed by atoms with Gasteiger partial charge in [0.2, 0.25) is 5.95 Å². The van der Waals surface area contributed by atoms with Gasteiger partial charge in [-0.25, -0.2) is 15.0 Å². The van der Waals surface area contributed by atoms with Crippen LogP contribution in [0.3, 0.4) is 0 Å². The molecule has 0 atom stereocenters. The molecule has 0 aliphatic heterocycles. The molecule has 3 heterocycles. The summed E-state index contributed by atoms with van der Waals surface area (Å²) in [5, 5.41) is 7.86. The number of aromatic nitrogens is 3. The Kier molecular flexibility index (Phi) is 5.68. The van der Waals surface area contributed by atoms with Crippen molar-refractivity contribution in [1.29, 1.82) is 0 Å². The molecule has 6 nitrogen and oxygen atoms in total. The molecule has 5 aromatic rings. The number of pyridine rings is 1. The number of hydrogen-bond donors (Lipinski definition) is 2. The first-order valence-corrected chi connectivity index (χ1v) is 11.5. The smallest absolute Gasteiger partial charge is 0.420 e. The Labute approximate surface area is 202 Å². The van der Waals surface area contributed by atoms with Crippen molar-refractivity contribution in [3.63, 3.8) is 0 Å². The van der Waals surface area contributed by atoms with Crippen molar-refractivity contribution in [1.82, 2.24) is 15.0 Å². The highest BCUT2D eigenvalue weighted by molar-refractivity contribution is 7.20. The van der Waals surface area contributed by atoms with Gasteiger partial charge >= 0.3 is 6.18 Å². The van der Waals surface area contributed by atoms with Crippen LogP contribution in [0.5, 0.6) is 5.75 Å². The van der Waals surface area contributed by atoms with E-state index in [0.717, 1.165) is 43.1 Å². The summed E-state index contributed by atoms with van der Waals surface area (Å²) in [6.07, 6.45) is -1.11. The molecule has 0 bridgehead atoms. The van der Waals surface area contributed by atoms with Gasteiger partial charge < -0.3 is 15.4 Å². The molecule has 0 radical (unpaired) electrons. The predicted molar refractivity (Wildman–Crippen MR) is 134 cm³/mol. The number of aryl methyl sites for hydroxylation is 1. The second-order valence-electron chi connectivity index (χ2n) is 7.82. The molecule has 0 saturated carbocycles. The number of halogens is 3. The molecular formula is C25H20F3N5OS. The Morgan fingerprint density at radius 3 is 2.60 bits per heavy atom. The zero-order valence-electron chi connectivity index (χ0n) is 19.0. The largest absolute Gasteiger partial charge is 0.496 e. The summed E-state index contributed by atoms with van der Waals surface area (Å²) in [7, 11) is 2.99. The third-order valence-corrected chi connectivity index (χ3v) is 6.77. The summed E-state index contributed by atoms with van der Waals surface area (Å²) >= 11 is 1.54. The second-order valence-corrected chi connectivity index (χ2v) is 9.05. The van der Waals surface area contributed by atoms with E-state index >= 15 is 0 Å². The van der Waals surface area contributed by atoms with Gasteiger partial charge in [-0.2, -0.15) is 13.2 Å². The van der Waals surface area contributed by atoms with Gasteiger partial charge in [-0.1, -0.05) is 6.07 Å². The van der Waals surface area contributed by atoms with Gasteiger partial charge in [0.05, 0.1) is 22.9 Å². The molecule has 178 valence electrons. The van der Waals surface area contributed by atoms with Gasteiger partial charge in [0.1, 0.15) is 11.6 Å². The van der Waals surface area contributed by atoms with Crippen LogP contribution in [0.15, 0.2) is 54.9 Å². The number of alkyl halides is 3. The predicted octanol–water partition coefficient (Wildman–Crippen LogP) is 7.03. The SMILES string of the molecule is CNc1ncc2cc(-c3c(C)sc4c(Nc5ccc(OC)c(C(F)(F)F)c5)nccc34)ccc2n1. The highest BCUT2D eigenvalue weighted by Gasteiger charge is 2.34. The number of methoxy groups -OCH3 is 1. The molecule has 0 amide bonds. The van der Waals surface area contributed by atoms with Crippen LogP contribution in [0.1, 0.15) is 10.4 Å². The maximum atomic E-state index is 13.5. The maximum absolute atomic E-state index is 13.5. The Morgan fingerprint density at radius 1 is 1.03 bits per heavy atom. The van der Waals surface area contributed by atoms with E-state index in [1.807, 2.05) is 31.2 Å². The molecule has 0 fully saturated rings. The van der Waals surface area contributed by atoms with Crippen molar-refractivity contribution in [3.8, 4) is 16.9 Å². The fraction of sp³-hybridized carbons (Fsp3) is 0.160. The lowest BCUT2D eigenvalue weighted by atomic mass is 10.0. The summed E-state index contributed by atoms with van der Waals surface area (Å²) in [5.74, 6) is 0.810. The average Bonchev–Trinajstić information content (AvgIpc) is 3.19. The first kappa shape index (κ1) is 22.9. The number of ether oxygens (including phenoxy) is 1. The van der Waals surface area contributed by atoms with E-state index in [2.05, 4.69) is 25.6 Å². The van der Waals surface area contributed by atoms with E-state index < -0.39 is 11.7 Å². The molecule has 2 aromatic carbocycles. The van der Waals surface area contributed by atoms with Gasteiger partial charge in [-0.05, 0) is 48.9 Å². The zero-order valence-corrected chi connectivity index (χ0v) is 19.8. The second kappa shape index (κ2) is 8.70. The van der Waals surface area contributed by atoms with Crippen LogP contribution in [0.25, 0.3) is 32.1 Å². The van der Waals surface area contributed by atoms with Crippen LogP contribution >= 0.6 is 11.3 Å². The number of hydrogen-bond acceptors (Lipinski definition) is 7. The Morgan fingerprint density at radius 2 is 1.86 bits per heavy atom. The lowest BCUT2D eigenvalue weighted by Gasteiger charge is -2.14. The van der Waals surface area contributed by atoms with Gasteiger partial charge in [0.25, 0.3) is 0 Å². The highest BCUT2D eigenvalue weighted by atomic mass is 32.1. The fourth-order valence-electron chi connectivity index (χ4n) is 4.04. The third kappa shape index (κ3) is 4.21. The molecule has 0 aliphatic rings. The van der Waals surface area contributed by atoms with Crippen LogP contribution in [-0.4, -0.2) is 29.1 Å². The van der Waals surface area contributed by atoms with Crippen LogP contribution in [0.4, 0.5) is 30.6 Å². The molecule has 35 heavy (non-hydrogen) atoms. The lowest BCUT2D eigenvalue weighted by Crippen LogP contribution is -2.08. The zero-order chi connectivity index (χ0) is 24.7. The molecule has 5 rings (SSSR count). The third-order valence-electron chi connectivity index (χ3n) is 5.64. The van der Waals surface area contributed by atoms with Gasteiger partial charge in [0.15, 0.2) is 0 Å². The Hall–Kier alpha value is -3.92. The molecule has 0 aliphatic carbocycles. The minimum Gasteiger partial charge on any atom is -0.496 e. The van der Waals surface area contributed by atoms with Crippen LogP contribution in [0.2, 0.25) is 0 Å². The van der Waals surface area contributed by atoms with Crippen LogP contribution in [0, 0.1) is 6.92 Å². The van der Waals surface area contributed by atoms with E-state index in [9.17, 15) is 13.2 Å². The molecular weight excluding hydrogens is 475 g/mol. The first-order valence-electron chi connectivity index (χ1n) is 10.6. The van der Waals surface area contributed by atoms with Crippen molar-refractivity contribution in [3.05, 3.63) is 65.3 Å². The van der Waals surface area contributed by atoms with E-state index in [1.54, 1.807) is 25.5 Å². The normalized spacial score (nSPS) is 11.7. The van der Waals surface area contributed by atoms with Crippen molar-refractivity contribution in [2.45, 2.75) is 13.1 Å². The highest BCUT2D eigenvalue weighted by Crippen LogP contribution is 2.43. The van der Waals surface area contributed by atoms with Crippen molar-refractivity contribution < 1.29 is 17.9 Å². The van der Waals surface area contributed by atoms with Gasteiger partial charge in [0, 0.05) is 46.3 Å². The van der Waals surface area contributed by atoms with Crippen LogP contribution in [-0.2, 0) is 6.18 Å². The van der Waals surface area contributed by atoms with Crippen molar-refractivity contribution in [2.75, 3.05) is 24.8 Å². The Balaban J connectivity index is 1.57. The van der Waals surface area contributed by atoms with Crippen molar-refractivity contribution in [2.24, 2.45) is 0 Å². The van der Waals surface area contributed by atoms with Crippen molar-refractivity contribution >= 4 is 49.8 Å². The van der Waals surface area contributed by atoms with E-state index in [0.29, 0.717) is 11.8 Å². The minimum atomic E-state index is -4.54. The first-order chi connectivity index (χ1) is 16.8.